The van der Waals surface area contributed by atoms with E-state index in [2.05, 4.69) is 5.10 Å². The second-order valence-corrected chi connectivity index (χ2v) is 4.29. The number of benzene rings is 1. The number of aryl methyl sites for hydroxylation is 1. The van der Waals surface area contributed by atoms with Crippen LogP contribution in [0.3, 0.4) is 0 Å². The summed E-state index contributed by atoms with van der Waals surface area (Å²) >= 11 is 0. The van der Waals surface area contributed by atoms with E-state index >= 15 is 0 Å². The van der Waals surface area contributed by atoms with Gasteiger partial charge >= 0.3 is 0 Å². The Morgan fingerprint density at radius 3 is 2.95 bits per heavy atom. The predicted molar refractivity (Wildman–Crippen MR) is 73.1 cm³/mol. The fourth-order valence-corrected chi connectivity index (χ4v) is 1.70. The Kier molecular flexibility index (Phi) is 4.30. The molecule has 0 aliphatic rings. The Bertz CT molecular complexity index is 608. The average molecular weight is 259 g/mol. The number of hydrogen-bond acceptors (Lipinski definition) is 4. The molecule has 0 saturated heterocycles. The van der Waals surface area contributed by atoms with Crippen LogP contribution in [-0.4, -0.2) is 16.4 Å². The van der Waals surface area contributed by atoms with Crippen LogP contribution in [0.25, 0.3) is 0 Å². The highest BCUT2D eigenvalue weighted by molar-refractivity contribution is 5.28. The van der Waals surface area contributed by atoms with Crippen LogP contribution < -0.4 is 16.0 Å². The molecule has 0 spiro atoms. The minimum absolute atomic E-state index is 0.112. The van der Waals surface area contributed by atoms with Crippen LogP contribution in [0.15, 0.2) is 41.3 Å². The van der Waals surface area contributed by atoms with E-state index in [0.29, 0.717) is 19.7 Å². The molecule has 0 aliphatic heterocycles. The Morgan fingerprint density at radius 2 is 2.21 bits per heavy atom. The lowest BCUT2D eigenvalue weighted by atomic mass is 10.2. The third-order valence-electron chi connectivity index (χ3n) is 2.71. The molecular formula is C14H17N3O2. The van der Waals surface area contributed by atoms with Crippen molar-refractivity contribution in [2.45, 2.75) is 20.0 Å². The Morgan fingerprint density at radius 1 is 1.37 bits per heavy atom. The highest BCUT2D eigenvalue weighted by Gasteiger charge is 1.99. The summed E-state index contributed by atoms with van der Waals surface area (Å²) < 4.78 is 6.97. The van der Waals surface area contributed by atoms with Gasteiger partial charge in [0.15, 0.2) is 0 Å². The van der Waals surface area contributed by atoms with Crippen LogP contribution in [-0.2, 0) is 13.1 Å². The molecule has 0 aliphatic carbocycles. The Hall–Kier alpha value is -2.14. The van der Waals surface area contributed by atoms with Crippen molar-refractivity contribution in [3.05, 3.63) is 58.0 Å². The van der Waals surface area contributed by atoms with Crippen molar-refractivity contribution in [2.75, 3.05) is 6.61 Å². The van der Waals surface area contributed by atoms with Gasteiger partial charge in [0.1, 0.15) is 12.4 Å². The van der Waals surface area contributed by atoms with Crippen LogP contribution in [0.5, 0.6) is 5.75 Å². The summed E-state index contributed by atoms with van der Waals surface area (Å²) in [5.74, 6) is 0.753. The largest absolute Gasteiger partial charge is 0.492 e. The van der Waals surface area contributed by atoms with Gasteiger partial charge in [-0.3, -0.25) is 4.79 Å². The third kappa shape index (κ3) is 3.66. The summed E-state index contributed by atoms with van der Waals surface area (Å²) in [6.45, 7) is 3.14. The number of aromatic nitrogens is 2. The lowest BCUT2D eigenvalue weighted by molar-refractivity contribution is 0.287. The normalized spacial score (nSPS) is 10.4. The van der Waals surface area contributed by atoms with E-state index < -0.39 is 0 Å². The van der Waals surface area contributed by atoms with Gasteiger partial charge in [0, 0.05) is 12.6 Å². The minimum Gasteiger partial charge on any atom is -0.492 e. The molecule has 100 valence electrons. The van der Waals surface area contributed by atoms with Crippen LogP contribution in [0.4, 0.5) is 0 Å². The van der Waals surface area contributed by atoms with Crippen molar-refractivity contribution in [3.63, 3.8) is 0 Å². The zero-order valence-electron chi connectivity index (χ0n) is 10.9. The van der Waals surface area contributed by atoms with Gasteiger partial charge in [-0.15, -0.1) is 0 Å². The van der Waals surface area contributed by atoms with Crippen LogP contribution in [0.2, 0.25) is 0 Å². The molecule has 1 aromatic carbocycles. The number of hydrogen-bond donors (Lipinski definition) is 1. The summed E-state index contributed by atoms with van der Waals surface area (Å²) in [6, 6.07) is 9.16. The van der Waals surface area contributed by atoms with Gasteiger partial charge in [-0.05, 0) is 30.2 Å². The maximum absolute atomic E-state index is 11.6. The molecule has 1 aromatic heterocycles. The van der Waals surface area contributed by atoms with Crippen molar-refractivity contribution in [1.29, 1.82) is 0 Å². The van der Waals surface area contributed by atoms with E-state index in [4.69, 9.17) is 10.5 Å². The summed E-state index contributed by atoms with van der Waals surface area (Å²) in [5, 5.41) is 4.05. The van der Waals surface area contributed by atoms with Gasteiger partial charge in [-0.2, -0.15) is 5.10 Å². The van der Waals surface area contributed by atoms with E-state index in [9.17, 15) is 4.79 Å². The number of nitrogens with two attached hydrogens (primary N) is 1. The first kappa shape index (κ1) is 13.3. The molecule has 2 rings (SSSR count). The lowest BCUT2D eigenvalue weighted by Gasteiger charge is -2.08. The minimum atomic E-state index is -0.112. The fourth-order valence-electron chi connectivity index (χ4n) is 1.70. The predicted octanol–water partition coefficient (Wildman–Crippen LogP) is 1.09. The highest BCUT2D eigenvalue weighted by atomic mass is 16.5. The maximum Gasteiger partial charge on any atom is 0.267 e. The second kappa shape index (κ2) is 6.15. The molecule has 0 bridgehead atoms. The molecule has 0 radical (unpaired) electrons. The summed E-state index contributed by atoms with van der Waals surface area (Å²) in [6.07, 6.45) is 1.66. The smallest absolute Gasteiger partial charge is 0.267 e. The van der Waals surface area contributed by atoms with Crippen molar-refractivity contribution in [3.8, 4) is 5.75 Å². The van der Waals surface area contributed by atoms with E-state index in [1.807, 2.05) is 31.2 Å². The third-order valence-corrected chi connectivity index (χ3v) is 2.71. The molecule has 0 unspecified atom stereocenters. The van der Waals surface area contributed by atoms with Crippen LogP contribution in [0, 0.1) is 6.92 Å². The molecule has 5 nitrogen and oxygen atoms in total. The molecule has 2 aromatic rings. The quantitative estimate of drug-likeness (QED) is 0.872. The number of ether oxygens (including phenoxy) is 1. The molecule has 19 heavy (non-hydrogen) atoms. The topological polar surface area (TPSA) is 70.1 Å². The van der Waals surface area contributed by atoms with E-state index in [0.717, 1.165) is 16.9 Å². The first-order valence-electron chi connectivity index (χ1n) is 6.14. The molecule has 1 heterocycles. The molecule has 0 saturated carbocycles. The van der Waals surface area contributed by atoms with Gasteiger partial charge in [-0.25, -0.2) is 4.68 Å². The van der Waals surface area contributed by atoms with Crippen LogP contribution >= 0.6 is 0 Å². The Balaban J connectivity index is 1.94. The van der Waals surface area contributed by atoms with E-state index in [1.54, 1.807) is 12.3 Å². The van der Waals surface area contributed by atoms with Gasteiger partial charge in [0.25, 0.3) is 5.56 Å². The first-order chi connectivity index (χ1) is 9.19. The maximum atomic E-state index is 11.6. The van der Waals surface area contributed by atoms with Gasteiger partial charge in [0.2, 0.25) is 0 Å². The lowest BCUT2D eigenvalue weighted by Crippen LogP contribution is -2.25. The molecule has 5 heteroatoms. The van der Waals surface area contributed by atoms with Gasteiger partial charge < -0.3 is 10.5 Å². The fraction of sp³-hybridized carbons (Fsp3) is 0.286. The molecule has 0 atom stereocenters. The van der Waals surface area contributed by atoms with Crippen LogP contribution in [0.1, 0.15) is 11.1 Å². The van der Waals surface area contributed by atoms with Crippen molar-refractivity contribution in [1.82, 2.24) is 9.78 Å². The van der Waals surface area contributed by atoms with Crippen molar-refractivity contribution >= 4 is 0 Å². The molecule has 2 N–H and O–H groups in total. The van der Waals surface area contributed by atoms with Gasteiger partial charge in [0.05, 0.1) is 12.7 Å². The van der Waals surface area contributed by atoms with E-state index in [-0.39, 0.29) is 5.56 Å². The summed E-state index contributed by atoms with van der Waals surface area (Å²) in [5.41, 5.74) is 7.33. The molecular weight excluding hydrogens is 242 g/mol. The monoisotopic (exact) mass is 259 g/mol. The average Bonchev–Trinajstić information content (AvgIpc) is 2.41. The van der Waals surface area contributed by atoms with E-state index in [1.165, 1.54) is 4.68 Å². The number of nitrogens with zero attached hydrogens (tertiary/aromatic N) is 2. The standard InChI is InChI=1S/C14H17N3O2/c1-11-7-14(18)17(16-10-11)5-6-19-13-4-2-3-12(8-13)9-15/h2-4,7-8,10H,5-6,9,15H2,1H3. The van der Waals surface area contributed by atoms with Crippen molar-refractivity contribution in [2.24, 2.45) is 5.73 Å². The summed E-state index contributed by atoms with van der Waals surface area (Å²) in [7, 11) is 0. The SMILES string of the molecule is Cc1cnn(CCOc2cccc(CN)c2)c(=O)c1. The molecule has 0 amide bonds. The summed E-state index contributed by atoms with van der Waals surface area (Å²) in [4.78, 5) is 11.6. The first-order valence-corrected chi connectivity index (χ1v) is 6.14. The second-order valence-electron chi connectivity index (χ2n) is 4.29. The zero-order valence-corrected chi connectivity index (χ0v) is 10.9. The number of rotatable bonds is 5. The van der Waals surface area contributed by atoms with Gasteiger partial charge in [-0.1, -0.05) is 12.1 Å². The zero-order chi connectivity index (χ0) is 13.7. The Labute approximate surface area is 111 Å². The van der Waals surface area contributed by atoms with Crippen molar-refractivity contribution < 1.29 is 4.74 Å². The highest BCUT2D eigenvalue weighted by Crippen LogP contribution is 2.12. The molecule has 0 fully saturated rings.